The van der Waals surface area contributed by atoms with Crippen molar-refractivity contribution in [2.24, 2.45) is 5.73 Å². The number of amides is 1. The molecule has 0 aromatic heterocycles. The summed E-state index contributed by atoms with van der Waals surface area (Å²) in [6.45, 7) is 2.91. The molecule has 1 heterocycles. The van der Waals surface area contributed by atoms with Gasteiger partial charge in [0.1, 0.15) is 6.10 Å². The number of hydrogen-bond acceptors (Lipinski definition) is 6. The van der Waals surface area contributed by atoms with Crippen molar-refractivity contribution >= 4 is 11.9 Å². The summed E-state index contributed by atoms with van der Waals surface area (Å²) in [6.07, 6.45) is -0.572. The Kier molecular flexibility index (Phi) is 6.03. The minimum Gasteiger partial charge on any atom is -0.468 e. The molecule has 1 saturated heterocycles. The fraction of sp³-hybridized carbons (Fsp3) is 0.818. The van der Waals surface area contributed by atoms with Crippen molar-refractivity contribution in [2.45, 2.75) is 6.10 Å². The summed E-state index contributed by atoms with van der Waals surface area (Å²) in [5, 5.41) is 0. The first kappa shape index (κ1) is 14.9. The number of hydrogen-bond donors (Lipinski definition) is 1. The van der Waals surface area contributed by atoms with E-state index in [1.165, 1.54) is 14.2 Å². The van der Waals surface area contributed by atoms with E-state index in [1.807, 2.05) is 4.90 Å². The SMILES string of the molecule is COC(=O)CN1CCN(C(=O)C(CN)OC)CC1. The van der Waals surface area contributed by atoms with Gasteiger partial charge in [-0.2, -0.15) is 0 Å². The predicted molar refractivity (Wildman–Crippen MR) is 64.9 cm³/mol. The number of methoxy groups -OCH3 is 2. The van der Waals surface area contributed by atoms with E-state index in [0.29, 0.717) is 26.2 Å². The summed E-state index contributed by atoms with van der Waals surface area (Å²) in [5.41, 5.74) is 5.46. The number of carbonyl (C=O) groups excluding carboxylic acids is 2. The minimum atomic E-state index is -0.572. The van der Waals surface area contributed by atoms with Crippen LogP contribution in [0.2, 0.25) is 0 Å². The Morgan fingerprint density at radius 1 is 1.22 bits per heavy atom. The van der Waals surface area contributed by atoms with Crippen LogP contribution in [0, 0.1) is 0 Å². The van der Waals surface area contributed by atoms with E-state index < -0.39 is 6.10 Å². The maximum absolute atomic E-state index is 12.0. The van der Waals surface area contributed by atoms with Crippen LogP contribution in [0.1, 0.15) is 0 Å². The number of nitrogens with two attached hydrogens (primary N) is 1. The van der Waals surface area contributed by atoms with Crippen molar-refractivity contribution in [1.82, 2.24) is 9.80 Å². The molecule has 1 unspecified atom stereocenters. The fourth-order valence-electron chi connectivity index (χ4n) is 1.87. The highest BCUT2D eigenvalue weighted by Crippen LogP contribution is 2.05. The monoisotopic (exact) mass is 259 g/mol. The highest BCUT2D eigenvalue weighted by atomic mass is 16.5. The molecule has 1 aliphatic rings. The summed E-state index contributed by atoms with van der Waals surface area (Å²) in [6, 6.07) is 0. The van der Waals surface area contributed by atoms with Crippen molar-refractivity contribution < 1.29 is 19.1 Å². The van der Waals surface area contributed by atoms with Gasteiger partial charge in [0.15, 0.2) is 0 Å². The summed E-state index contributed by atoms with van der Waals surface area (Å²) in [7, 11) is 2.84. The van der Waals surface area contributed by atoms with Crippen LogP contribution in [0.25, 0.3) is 0 Å². The second-order valence-electron chi connectivity index (χ2n) is 4.14. The number of ether oxygens (including phenoxy) is 2. The third-order valence-electron chi connectivity index (χ3n) is 3.04. The van der Waals surface area contributed by atoms with Crippen LogP contribution >= 0.6 is 0 Å². The van der Waals surface area contributed by atoms with Crippen molar-refractivity contribution in [3.05, 3.63) is 0 Å². The zero-order valence-corrected chi connectivity index (χ0v) is 10.9. The van der Waals surface area contributed by atoms with Crippen LogP contribution in [0.15, 0.2) is 0 Å². The molecule has 104 valence electrons. The molecule has 0 aliphatic carbocycles. The second-order valence-corrected chi connectivity index (χ2v) is 4.14. The molecule has 0 radical (unpaired) electrons. The number of esters is 1. The summed E-state index contributed by atoms with van der Waals surface area (Å²) in [4.78, 5) is 26.7. The van der Waals surface area contributed by atoms with Gasteiger partial charge in [-0.3, -0.25) is 14.5 Å². The van der Waals surface area contributed by atoms with E-state index in [2.05, 4.69) is 4.74 Å². The van der Waals surface area contributed by atoms with Crippen LogP contribution in [0.4, 0.5) is 0 Å². The normalized spacial score (nSPS) is 18.5. The smallest absolute Gasteiger partial charge is 0.319 e. The Hall–Kier alpha value is -1.18. The molecule has 0 aromatic carbocycles. The average molecular weight is 259 g/mol. The van der Waals surface area contributed by atoms with Gasteiger partial charge in [-0.1, -0.05) is 0 Å². The molecule has 0 bridgehead atoms. The standard InChI is InChI=1S/C11H21N3O4/c1-17-9(7-12)11(16)14-5-3-13(4-6-14)8-10(15)18-2/h9H,3-8,12H2,1-2H3. The lowest BCUT2D eigenvalue weighted by Crippen LogP contribution is -2.53. The highest BCUT2D eigenvalue weighted by Gasteiger charge is 2.27. The first-order valence-corrected chi connectivity index (χ1v) is 5.93. The molecule has 18 heavy (non-hydrogen) atoms. The maximum Gasteiger partial charge on any atom is 0.319 e. The minimum absolute atomic E-state index is 0.0854. The second kappa shape index (κ2) is 7.30. The Balaban J connectivity index is 2.39. The molecule has 0 saturated carbocycles. The molecule has 1 aliphatic heterocycles. The molecule has 7 nitrogen and oxygen atoms in total. The molecule has 0 aromatic rings. The van der Waals surface area contributed by atoms with Gasteiger partial charge in [0.2, 0.25) is 0 Å². The quantitative estimate of drug-likeness (QED) is 0.591. The molecule has 1 amide bonds. The average Bonchev–Trinajstić information content (AvgIpc) is 2.40. The van der Waals surface area contributed by atoms with Crippen LogP contribution in [0.3, 0.4) is 0 Å². The lowest BCUT2D eigenvalue weighted by Gasteiger charge is -2.35. The zero-order chi connectivity index (χ0) is 13.5. The third kappa shape index (κ3) is 3.94. The number of nitrogens with zero attached hydrogens (tertiary/aromatic N) is 2. The van der Waals surface area contributed by atoms with E-state index in [0.717, 1.165) is 0 Å². The van der Waals surface area contributed by atoms with Gasteiger partial charge in [-0.05, 0) is 0 Å². The zero-order valence-electron chi connectivity index (χ0n) is 10.9. The van der Waals surface area contributed by atoms with Gasteiger partial charge in [-0.25, -0.2) is 0 Å². The molecular formula is C11H21N3O4. The van der Waals surface area contributed by atoms with Gasteiger partial charge >= 0.3 is 5.97 Å². The summed E-state index contributed by atoms with van der Waals surface area (Å²) in [5.74, 6) is -0.343. The first-order valence-electron chi connectivity index (χ1n) is 5.93. The van der Waals surface area contributed by atoms with Gasteiger partial charge in [0.05, 0.1) is 13.7 Å². The Morgan fingerprint density at radius 2 is 1.83 bits per heavy atom. The van der Waals surface area contributed by atoms with Crippen LogP contribution < -0.4 is 5.73 Å². The third-order valence-corrected chi connectivity index (χ3v) is 3.04. The van der Waals surface area contributed by atoms with Crippen LogP contribution in [0.5, 0.6) is 0 Å². The van der Waals surface area contributed by atoms with Crippen LogP contribution in [-0.2, 0) is 19.1 Å². The largest absolute Gasteiger partial charge is 0.468 e. The molecule has 2 N–H and O–H groups in total. The lowest BCUT2D eigenvalue weighted by molar-refractivity contribution is -0.145. The maximum atomic E-state index is 12.0. The molecule has 1 fully saturated rings. The van der Waals surface area contributed by atoms with Gasteiger partial charge in [0, 0.05) is 39.8 Å². The van der Waals surface area contributed by atoms with E-state index in [9.17, 15) is 9.59 Å². The molecule has 7 heteroatoms. The van der Waals surface area contributed by atoms with E-state index >= 15 is 0 Å². The van der Waals surface area contributed by atoms with E-state index in [4.69, 9.17) is 10.5 Å². The Morgan fingerprint density at radius 3 is 2.28 bits per heavy atom. The van der Waals surface area contributed by atoms with Crippen molar-refractivity contribution in [3.63, 3.8) is 0 Å². The Labute approximate surface area is 107 Å². The number of rotatable bonds is 5. The number of carbonyl (C=O) groups is 2. The van der Waals surface area contributed by atoms with Gasteiger partial charge < -0.3 is 20.1 Å². The Bertz CT molecular complexity index is 286. The summed E-state index contributed by atoms with van der Waals surface area (Å²) < 4.78 is 9.62. The fourth-order valence-corrected chi connectivity index (χ4v) is 1.87. The van der Waals surface area contributed by atoms with E-state index in [1.54, 1.807) is 4.90 Å². The van der Waals surface area contributed by atoms with E-state index in [-0.39, 0.29) is 25.0 Å². The predicted octanol–water partition coefficient (Wildman–Crippen LogP) is -1.72. The van der Waals surface area contributed by atoms with Gasteiger partial charge in [0.25, 0.3) is 5.91 Å². The van der Waals surface area contributed by atoms with Crippen molar-refractivity contribution in [1.29, 1.82) is 0 Å². The summed E-state index contributed by atoms with van der Waals surface area (Å²) >= 11 is 0. The topological polar surface area (TPSA) is 85.1 Å². The molecule has 1 atom stereocenters. The number of piperazine rings is 1. The van der Waals surface area contributed by atoms with Gasteiger partial charge in [-0.15, -0.1) is 0 Å². The molecule has 0 spiro atoms. The first-order chi connectivity index (χ1) is 8.62. The van der Waals surface area contributed by atoms with Crippen LogP contribution in [-0.4, -0.2) is 81.3 Å². The van der Waals surface area contributed by atoms with Crippen molar-refractivity contribution in [3.8, 4) is 0 Å². The van der Waals surface area contributed by atoms with Crippen molar-refractivity contribution in [2.75, 3.05) is 53.5 Å². The lowest BCUT2D eigenvalue weighted by atomic mass is 10.2. The molecular weight excluding hydrogens is 238 g/mol. The highest BCUT2D eigenvalue weighted by molar-refractivity contribution is 5.81. The molecule has 1 rings (SSSR count).